The summed E-state index contributed by atoms with van der Waals surface area (Å²) in [4.78, 5) is 0. The Hall–Kier alpha value is -3.52. The summed E-state index contributed by atoms with van der Waals surface area (Å²) in [5.41, 5.74) is 10.8. The van der Waals surface area contributed by atoms with Gasteiger partial charge in [-0.25, -0.2) is 0 Å². The standard InChI is InChI=1S/C33H33NO/c1-21-8-7-9-22(2)33(21)26-12-13-27-29-20-28(23(3)16-31(29)35-32(27)19-26)30-18-25(14-15-34(30)4)17-24-10-5-6-11-24/h7-9,12-16,18-20,24H,4-6,10-11,17H2,1-3H3. The molecule has 35 heavy (non-hydrogen) atoms. The van der Waals surface area contributed by atoms with Crippen LogP contribution in [-0.4, -0.2) is 11.3 Å². The molecule has 1 fully saturated rings. The molecule has 0 N–H and O–H groups in total. The summed E-state index contributed by atoms with van der Waals surface area (Å²) in [5, 5.41) is 2.32. The van der Waals surface area contributed by atoms with Crippen LogP contribution in [0.25, 0.3) is 33.1 Å². The maximum Gasteiger partial charge on any atom is 0.278 e. The van der Waals surface area contributed by atoms with Crippen molar-refractivity contribution in [3.05, 3.63) is 101 Å². The van der Waals surface area contributed by atoms with Crippen LogP contribution in [0.4, 0.5) is 0 Å². The molecular formula is C33H33NO. The smallest absolute Gasteiger partial charge is 0.278 e. The number of hydrogen-bond donors (Lipinski definition) is 0. The van der Waals surface area contributed by atoms with Gasteiger partial charge in [-0.15, -0.1) is 18.2 Å². The topological polar surface area (TPSA) is 14.3 Å². The van der Waals surface area contributed by atoms with Crippen molar-refractivity contribution in [1.29, 1.82) is 0 Å². The van der Waals surface area contributed by atoms with Gasteiger partial charge in [-0.3, -0.25) is 8.99 Å². The van der Waals surface area contributed by atoms with Crippen LogP contribution in [-0.2, 0) is 0 Å². The predicted octanol–water partition coefficient (Wildman–Crippen LogP) is 8.81. The van der Waals surface area contributed by atoms with E-state index in [0.717, 1.165) is 27.9 Å². The van der Waals surface area contributed by atoms with Crippen molar-refractivity contribution in [2.45, 2.75) is 52.9 Å². The van der Waals surface area contributed by atoms with E-state index in [9.17, 15) is 0 Å². The summed E-state index contributed by atoms with van der Waals surface area (Å²) < 4.78 is 8.39. The molecule has 0 radical (unpaired) electrons. The highest BCUT2D eigenvalue weighted by molar-refractivity contribution is 6.06. The summed E-state index contributed by atoms with van der Waals surface area (Å²) in [6.45, 7) is 10.8. The first-order chi connectivity index (χ1) is 17.0. The number of allylic oxidation sites excluding steroid dienone is 2. The zero-order chi connectivity index (χ0) is 24.1. The van der Waals surface area contributed by atoms with Crippen LogP contribution in [0.5, 0.6) is 0 Å². The highest BCUT2D eigenvalue weighted by Gasteiger charge is 2.23. The number of aryl methyl sites for hydroxylation is 3. The van der Waals surface area contributed by atoms with E-state index in [4.69, 9.17) is 4.42 Å². The normalized spacial score (nSPS) is 16.6. The zero-order valence-corrected chi connectivity index (χ0v) is 21.0. The quantitative estimate of drug-likeness (QED) is 0.169. The van der Waals surface area contributed by atoms with Crippen LogP contribution in [0.15, 0.2) is 76.9 Å². The van der Waals surface area contributed by atoms with Crippen molar-refractivity contribution >= 4 is 28.7 Å². The minimum atomic E-state index is 0.830. The molecule has 1 aromatic heterocycles. The van der Waals surface area contributed by atoms with E-state index in [1.165, 1.54) is 77.1 Å². The minimum Gasteiger partial charge on any atom is -0.287 e. The Labute approximate surface area is 208 Å². The van der Waals surface area contributed by atoms with Crippen molar-refractivity contribution < 1.29 is 8.99 Å². The van der Waals surface area contributed by atoms with Crippen molar-refractivity contribution in [3.63, 3.8) is 0 Å². The molecule has 0 unspecified atom stereocenters. The molecule has 2 nitrogen and oxygen atoms in total. The van der Waals surface area contributed by atoms with E-state index in [-0.39, 0.29) is 0 Å². The number of rotatable bonds is 4. The Morgan fingerprint density at radius 1 is 1.00 bits per heavy atom. The predicted molar refractivity (Wildman–Crippen MR) is 147 cm³/mol. The number of nitrogens with zero attached hydrogens (tertiary/aromatic N) is 1. The van der Waals surface area contributed by atoms with Crippen LogP contribution in [0.1, 0.15) is 54.4 Å². The van der Waals surface area contributed by atoms with Crippen molar-refractivity contribution in [1.82, 2.24) is 0 Å². The van der Waals surface area contributed by atoms with Crippen LogP contribution in [0, 0.1) is 32.7 Å². The molecule has 1 aliphatic heterocycles. The number of hydrogen-bond acceptors (Lipinski definition) is 0. The third-order valence-corrected chi connectivity index (χ3v) is 7.96. The Morgan fingerprint density at radius 2 is 1.77 bits per heavy atom. The van der Waals surface area contributed by atoms with Gasteiger partial charge in [0.15, 0.2) is 0 Å². The molecule has 2 heteroatoms. The van der Waals surface area contributed by atoms with E-state index in [1.807, 2.05) is 4.58 Å². The largest absolute Gasteiger partial charge is 0.287 e. The summed E-state index contributed by atoms with van der Waals surface area (Å²) in [6, 6.07) is 18.8. The van der Waals surface area contributed by atoms with Gasteiger partial charge in [0.2, 0.25) is 0 Å². The number of fused-ring (bicyclic) bond motifs is 3. The molecule has 3 aromatic carbocycles. The molecule has 0 spiro atoms. The van der Waals surface area contributed by atoms with E-state index < -0.39 is 0 Å². The van der Waals surface area contributed by atoms with Crippen molar-refractivity contribution in [2.75, 3.05) is 0 Å². The molecule has 1 aliphatic carbocycles. The lowest BCUT2D eigenvalue weighted by molar-refractivity contribution is -0.418. The summed E-state index contributed by atoms with van der Waals surface area (Å²) >= 11 is 0. The van der Waals surface area contributed by atoms with Crippen LogP contribution in [0.2, 0.25) is 0 Å². The highest BCUT2D eigenvalue weighted by atomic mass is 16.3. The van der Waals surface area contributed by atoms with Gasteiger partial charge >= 0.3 is 0 Å². The van der Waals surface area contributed by atoms with Gasteiger partial charge in [0.1, 0.15) is 12.2 Å². The maximum absolute atomic E-state index is 6.39. The van der Waals surface area contributed by atoms with Gasteiger partial charge in [0.25, 0.3) is 11.2 Å². The first-order valence-electron chi connectivity index (χ1n) is 12.9. The minimum absolute atomic E-state index is 0.830. The van der Waals surface area contributed by atoms with E-state index in [1.54, 1.807) is 0 Å². The lowest BCUT2D eigenvalue weighted by atomic mass is 9.91. The third-order valence-electron chi connectivity index (χ3n) is 7.96. The van der Waals surface area contributed by atoms with Crippen molar-refractivity contribution in [3.8, 4) is 11.1 Å². The van der Waals surface area contributed by atoms with Crippen LogP contribution >= 0.6 is 0 Å². The Morgan fingerprint density at radius 3 is 2.54 bits per heavy atom. The second-order valence-corrected chi connectivity index (χ2v) is 10.5. The first kappa shape index (κ1) is 22.0. The fraction of sp³-hybridized carbons (Fsp3) is 0.273. The molecule has 0 saturated heterocycles. The second kappa shape index (κ2) is 8.61. The Balaban J connectivity index is 1.41. The van der Waals surface area contributed by atoms with Gasteiger partial charge in [-0.2, -0.15) is 0 Å². The summed E-state index contributed by atoms with van der Waals surface area (Å²) in [7, 11) is 0. The van der Waals surface area contributed by atoms with E-state index in [0.29, 0.717) is 0 Å². The van der Waals surface area contributed by atoms with E-state index >= 15 is 0 Å². The fourth-order valence-corrected chi connectivity index (χ4v) is 6.11. The Kier molecular flexibility index (Phi) is 5.40. The van der Waals surface area contributed by atoms with Gasteiger partial charge in [0, 0.05) is 0 Å². The van der Waals surface area contributed by atoms with Gasteiger partial charge in [-0.1, -0.05) is 84.7 Å². The van der Waals surface area contributed by atoms with Gasteiger partial charge in [-0.05, 0) is 66.3 Å². The molecule has 2 heterocycles. The second-order valence-electron chi connectivity index (χ2n) is 10.5. The summed E-state index contributed by atoms with van der Waals surface area (Å²) in [6.07, 6.45) is 13.4. The molecule has 2 aliphatic rings. The summed E-state index contributed by atoms with van der Waals surface area (Å²) in [5.74, 6) is 0.830. The third kappa shape index (κ3) is 3.91. The molecule has 1 saturated carbocycles. The molecule has 176 valence electrons. The number of benzene rings is 3. The lowest BCUT2D eigenvalue weighted by Gasteiger charge is -2.23. The Bertz CT molecular complexity index is 1500. The zero-order valence-electron chi connectivity index (χ0n) is 21.0. The SMILES string of the molecule is C=[N+]1C=CC(CC2CCCC2)=C[C-]1c1cc2c(cc1C)[o+][c-]1cc(-c3c(C)cccc3C)ccc21. The molecule has 0 amide bonds. The average Bonchev–Trinajstić information content (AvgIpc) is 3.46. The monoisotopic (exact) mass is 459 g/mol. The number of furan rings is 1. The average molecular weight is 460 g/mol. The first-order valence-corrected chi connectivity index (χ1v) is 12.9. The van der Waals surface area contributed by atoms with Crippen molar-refractivity contribution in [2.24, 2.45) is 5.92 Å². The van der Waals surface area contributed by atoms with Crippen LogP contribution in [0.3, 0.4) is 0 Å². The molecular weight excluding hydrogens is 426 g/mol. The molecule has 6 rings (SSSR count). The van der Waals surface area contributed by atoms with E-state index in [2.05, 4.69) is 94.4 Å². The highest BCUT2D eigenvalue weighted by Crippen LogP contribution is 2.38. The molecule has 0 atom stereocenters. The fourth-order valence-electron chi connectivity index (χ4n) is 6.11. The van der Waals surface area contributed by atoms with Crippen LogP contribution < -0.4 is 0 Å². The maximum atomic E-state index is 6.39. The molecule has 0 bridgehead atoms. The van der Waals surface area contributed by atoms with Gasteiger partial charge in [0.05, 0.1) is 6.72 Å². The molecule has 4 aromatic rings. The lowest BCUT2D eigenvalue weighted by Crippen LogP contribution is -2.16. The van der Waals surface area contributed by atoms with Gasteiger partial charge < -0.3 is 0 Å².